The number of rotatable bonds is 5. The van der Waals surface area contributed by atoms with Gasteiger partial charge in [-0.3, -0.25) is 20.1 Å². The standard InChI is InChI=1S/C22H19N5O3.CH4/c1-3-30-22(29)27-21-25-19-11-15(14-7-8-17(13(2)28)24-12-14)10-16(20(19)26-21)18-6-4-5-9-23-18;/h4-12H,3H2,1-2H3,(H2,25,26,27,29);1H4. The lowest BCUT2D eigenvalue weighted by Gasteiger charge is -2.07. The Morgan fingerprint density at radius 2 is 1.94 bits per heavy atom. The second kappa shape index (κ2) is 9.17. The van der Waals surface area contributed by atoms with Crippen LogP contribution >= 0.6 is 0 Å². The van der Waals surface area contributed by atoms with Crippen LogP contribution in [-0.2, 0) is 4.74 Å². The minimum atomic E-state index is -0.583. The van der Waals surface area contributed by atoms with E-state index >= 15 is 0 Å². The Hall–Kier alpha value is -4.07. The van der Waals surface area contributed by atoms with Gasteiger partial charge >= 0.3 is 6.09 Å². The van der Waals surface area contributed by atoms with Crippen molar-refractivity contribution in [2.75, 3.05) is 11.9 Å². The Kier molecular flexibility index (Phi) is 6.40. The molecule has 3 heterocycles. The first-order valence-electron chi connectivity index (χ1n) is 9.41. The van der Waals surface area contributed by atoms with Crippen molar-refractivity contribution in [1.29, 1.82) is 0 Å². The van der Waals surface area contributed by atoms with Crippen molar-refractivity contribution in [2.45, 2.75) is 21.3 Å². The molecule has 1 aromatic carbocycles. The van der Waals surface area contributed by atoms with Crippen LogP contribution in [0.5, 0.6) is 0 Å². The molecule has 0 aliphatic carbocycles. The molecule has 3 aromatic heterocycles. The van der Waals surface area contributed by atoms with Gasteiger partial charge in [0.25, 0.3) is 0 Å². The van der Waals surface area contributed by atoms with Crippen LogP contribution in [-0.4, -0.2) is 38.4 Å². The summed E-state index contributed by atoms with van der Waals surface area (Å²) in [6, 6.07) is 13.1. The number of H-pyrrole nitrogens is 1. The van der Waals surface area contributed by atoms with E-state index in [2.05, 4.69) is 25.3 Å². The summed E-state index contributed by atoms with van der Waals surface area (Å²) in [7, 11) is 0. The lowest BCUT2D eigenvalue weighted by molar-refractivity contribution is 0.101. The predicted molar refractivity (Wildman–Crippen MR) is 120 cm³/mol. The van der Waals surface area contributed by atoms with E-state index in [1.54, 1.807) is 25.4 Å². The van der Waals surface area contributed by atoms with Crippen LogP contribution < -0.4 is 5.32 Å². The molecule has 0 fully saturated rings. The molecule has 1 amide bonds. The number of ether oxygens (including phenoxy) is 1. The lowest BCUT2D eigenvalue weighted by Crippen LogP contribution is -2.14. The van der Waals surface area contributed by atoms with Crippen LogP contribution in [0.4, 0.5) is 10.7 Å². The summed E-state index contributed by atoms with van der Waals surface area (Å²) in [5, 5.41) is 2.59. The van der Waals surface area contributed by atoms with E-state index in [-0.39, 0.29) is 25.8 Å². The summed E-state index contributed by atoms with van der Waals surface area (Å²) in [6.07, 6.45) is 2.79. The molecule has 158 valence electrons. The van der Waals surface area contributed by atoms with Crippen molar-refractivity contribution in [1.82, 2.24) is 19.9 Å². The topological polar surface area (TPSA) is 110 Å². The second-order valence-corrected chi connectivity index (χ2v) is 6.55. The van der Waals surface area contributed by atoms with Crippen molar-refractivity contribution in [3.05, 3.63) is 60.6 Å². The Morgan fingerprint density at radius 1 is 1.10 bits per heavy atom. The zero-order valence-electron chi connectivity index (χ0n) is 16.5. The largest absolute Gasteiger partial charge is 0.450 e. The first-order chi connectivity index (χ1) is 14.5. The van der Waals surface area contributed by atoms with Gasteiger partial charge in [-0.25, -0.2) is 9.78 Å². The van der Waals surface area contributed by atoms with E-state index in [0.29, 0.717) is 11.2 Å². The van der Waals surface area contributed by atoms with Gasteiger partial charge in [0, 0.05) is 30.4 Å². The van der Waals surface area contributed by atoms with Crippen molar-refractivity contribution in [3.63, 3.8) is 0 Å². The number of imidazole rings is 1. The van der Waals surface area contributed by atoms with Crippen LogP contribution in [0, 0.1) is 0 Å². The highest BCUT2D eigenvalue weighted by atomic mass is 16.5. The third-order valence-corrected chi connectivity index (χ3v) is 4.48. The number of carbonyl (C=O) groups excluding carboxylic acids is 2. The average Bonchev–Trinajstić information content (AvgIpc) is 3.16. The van der Waals surface area contributed by atoms with Crippen LogP contribution in [0.15, 0.2) is 54.9 Å². The molecular formula is C23H23N5O3. The molecule has 0 saturated heterocycles. The highest BCUT2D eigenvalue weighted by molar-refractivity contribution is 5.97. The van der Waals surface area contributed by atoms with Crippen molar-refractivity contribution < 1.29 is 14.3 Å². The molecule has 0 unspecified atom stereocenters. The number of amides is 1. The number of anilines is 1. The quantitative estimate of drug-likeness (QED) is 0.438. The fourth-order valence-electron chi connectivity index (χ4n) is 3.10. The van der Waals surface area contributed by atoms with Crippen molar-refractivity contribution in [3.8, 4) is 22.4 Å². The molecule has 0 spiro atoms. The maximum absolute atomic E-state index is 11.8. The molecule has 0 atom stereocenters. The molecule has 0 saturated carbocycles. The van der Waals surface area contributed by atoms with Gasteiger partial charge in [-0.15, -0.1) is 0 Å². The molecule has 2 N–H and O–H groups in total. The molecule has 4 rings (SSSR count). The SMILES string of the molecule is C.CCOC(=O)Nc1nc2c(-c3ccccn3)cc(-c3ccc(C(C)=O)nc3)cc2[nH]1. The van der Waals surface area contributed by atoms with Crippen molar-refractivity contribution in [2.24, 2.45) is 0 Å². The summed E-state index contributed by atoms with van der Waals surface area (Å²) in [4.78, 5) is 39.6. The molecule has 0 radical (unpaired) electrons. The number of ketones is 1. The molecule has 0 aliphatic rings. The summed E-state index contributed by atoms with van der Waals surface area (Å²) in [6.45, 7) is 3.48. The lowest BCUT2D eigenvalue weighted by atomic mass is 10.0. The van der Waals surface area contributed by atoms with Gasteiger partial charge in [0.05, 0.1) is 23.3 Å². The number of aromatic nitrogens is 4. The van der Waals surface area contributed by atoms with Gasteiger partial charge in [0.2, 0.25) is 5.95 Å². The third-order valence-electron chi connectivity index (χ3n) is 4.48. The number of Topliss-reactive ketones (excluding diaryl/α,β-unsaturated/α-hetero) is 1. The number of hydrogen-bond acceptors (Lipinski definition) is 6. The fraction of sp³-hybridized carbons (Fsp3) is 0.174. The number of nitrogens with zero attached hydrogens (tertiary/aromatic N) is 3. The molecule has 31 heavy (non-hydrogen) atoms. The van der Waals surface area contributed by atoms with Crippen LogP contribution in [0.1, 0.15) is 31.8 Å². The predicted octanol–water partition coefficient (Wildman–Crippen LogP) is 5.09. The summed E-state index contributed by atoms with van der Waals surface area (Å²) >= 11 is 0. The van der Waals surface area contributed by atoms with Crippen LogP contribution in [0.2, 0.25) is 0 Å². The number of hydrogen-bond donors (Lipinski definition) is 2. The molecule has 8 nitrogen and oxygen atoms in total. The summed E-state index contributed by atoms with van der Waals surface area (Å²) in [5.41, 5.74) is 5.05. The Bertz CT molecular complexity index is 1220. The van der Waals surface area contributed by atoms with E-state index in [1.165, 1.54) is 6.92 Å². The van der Waals surface area contributed by atoms with Crippen LogP contribution in [0.25, 0.3) is 33.4 Å². The highest BCUT2D eigenvalue weighted by Crippen LogP contribution is 2.32. The summed E-state index contributed by atoms with van der Waals surface area (Å²) < 4.78 is 4.92. The maximum Gasteiger partial charge on any atom is 0.413 e. The average molecular weight is 417 g/mol. The molecule has 0 aliphatic heterocycles. The number of nitrogens with one attached hydrogen (secondary N) is 2. The van der Waals surface area contributed by atoms with E-state index in [1.807, 2.05) is 36.4 Å². The Morgan fingerprint density at radius 3 is 2.58 bits per heavy atom. The molecule has 0 bridgehead atoms. The van der Waals surface area contributed by atoms with Crippen molar-refractivity contribution >= 4 is 28.9 Å². The van der Waals surface area contributed by atoms with Gasteiger partial charge in [-0.05, 0) is 42.8 Å². The Balaban J connectivity index is 0.00000272. The number of fused-ring (bicyclic) bond motifs is 1. The molecule has 4 aromatic rings. The smallest absolute Gasteiger partial charge is 0.413 e. The van der Waals surface area contributed by atoms with E-state index in [0.717, 1.165) is 27.9 Å². The van der Waals surface area contributed by atoms with Gasteiger partial charge in [0.1, 0.15) is 5.69 Å². The number of pyridine rings is 2. The maximum atomic E-state index is 11.8. The zero-order valence-corrected chi connectivity index (χ0v) is 16.5. The third kappa shape index (κ3) is 4.58. The molecule has 8 heteroatoms. The summed E-state index contributed by atoms with van der Waals surface area (Å²) in [5.74, 6) is 0.192. The number of carbonyl (C=O) groups is 2. The van der Waals surface area contributed by atoms with Gasteiger partial charge in [0.15, 0.2) is 5.78 Å². The fourth-order valence-corrected chi connectivity index (χ4v) is 3.10. The van der Waals surface area contributed by atoms with Gasteiger partial charge < -0.3 is 9.72 Å². The van der Waals surface area contributed by atoms with E-state index in [4.69, 9.17) is 4.74 Å². The van der Waals surface area contributed by atoms with E-state index < -0.39 is 6.09 Å². The minimum Gasteiger partial charge on any atom is -0.450 e. The minimum absolute atomic E-state index is 0. The normalized spacial score (nSPS) is 10.4. The monoisotopic (exact) mass is 417 g/mol. The molecular weight excluding hydrogens is 394 g/mol. The second-order valence-electron chi connectivity index (χ2n) is 6.55. The van der Waals surface area contributed by atoms with E-state index in [9.17, 15) is 9.59 Å². The Labute approximate surface area is 179 Å². The highest BCUT2D eigenvalue weighted by Gasteiger charge is 2.15. The van der Waals surface area contributed by atoms with Gasteiger partial charge in [-0.2, -0.15) is 0 Å². The number of aromatic amines is 1. The zero-order chi connectivity index (χ0) is 21.1. The first kappa shape index (κ1) is 21.6. The van der Waals surface area contributed by atoms with Gasteiger partial charge in [-0.1, -0.05) is 19.6 Å². The number of benzene rings is 1. The van der Waals surface area contributed by atoms with Crippen LogP contribution in [0.3, 0.4) is 0 Å². The first-order valence-corrected chi connectivity index (χ1v) is 9.41.